The zero-order chi connectivity index (χ0) is 18.9. The molecule has 3 aromatic rings. The molecule has 1 amide bonds. The Bertz CT molecular complexity index is 910. The number of nitrogens with one attached hydrogen (secondary N) is 2. The molecule has 0 saturated heterocycles. The van der Waals surface area contributed by atoms with Crippen molar-refractivity contribution >= 4 is 22.9 Å². The van der Waals surface area contributed by atoms with Crippen LogP contribution in [0.4, 0.5) is 14.5 Å². The highest BCUT2D eigenvalue weighted by Crippen LogP contribution is 2.36. The topological polar surface area (TPSA) is 88.5 Å². The molecule has 7 nitrogen and oxygen atoms in total. The second kappa shape index (κ2) is 7.18. The van der Waals surface area contributed by atoms with E-state index >= 15 is 0 Å². The van der Waals surface area contributed by atoms with Crippen LogP contribution in [0.15, 0.2) is 30.2 Å². The molecular weight excluding hydrogens is 374 g/mol. The van der Waals surface area contributed by atoms with E-state index in [4.69, 9.17) is 0 Å². The van der Waals surface area contributed by atoms with Crippen molar-refractivity contribution in [1.29, 1.82) is 0 Å². The monoisotopic (exact) mass is 392 g/mol. The highest BCUT2D eigenvalue weighted by Gasteiger charge is 2.34. The molecule has 0 bridgehead atoms. The molecule has 3 aromatic heterocycles. The quantitative estimate of drug-likeness (QED) is 0.691. The number of alkyl halides is 2. The molecule has 10 heteroatoms. The standard InChI is InChI=1S/C17H18F2N6OS/c18-17(19)3-1-11(2-4-17)8-25-9-13(7-22-25)23-15(26)14-10-27-16(24-14)12-5-20-21-6-12/h5-7,9-11H,1-4,8H2,(H,20,21)(H,23,26). The van der Waals surface area contributed by atoms with Crippen LogP contribution in [0.25, 0.3) is 10.6 Å². The summed E-state index contributed by atoms with van der Waals surface area (Å²) in [5.74, 6) is -2.66. The third kappa shape index (κ3) is 4.21. The van der Waals surface area contributed by atoms with Crippen molar-refractivity contribution in [3.63, 3.8) is 0 Å². The van der Waals surface area contributed by atoms with Crippen LogP contribution in [0, 0.1) is 5.92 Å². The molecular formula is C17H18F2N6OS. The number of amides is 1. The SMILES string of the molecule is O=C(Nc1cnn(CC2CCC(F)(F)CC2)c1)c1csc(-c2cn[nH]c2)n1. The van der Waals surface area contributed by atoms with Gasteiger partial charge in [0.25, 0.3) is 5.91 Å². The molecule has 1 fully saturated rings. The molecule has 0 unspecified atom stereocenters. The van der Waals surface area contributed by atoms with Crippen LogP contribution in [-0.4, -0.2) is 36.8 Å². The molecule has 142 valence electrons. The van der Waals surface area contributed by atoms with Gasteiger partial charge in [0.2, 0.25) is 5.92 Å². The molecule has 0 radical (unpaired) electrons. The summed E-state index contributed by atoms with van der Waals surface area (Å²) in [4.78, 5) is 16.7. The Morgan fingerprint density at radius 3 is 2.93 bits per heavy atom. The summed E-state index contributed by atoms with van der Waals surface area (Å²) >= 11 is 1.36. The molecule has 4 rings (SSSR count). The maximum absolute atomic E-state index is 13.2. The van der Waals surface area contributed by atoms with E-state index in [1.807, 2.05) is 0 Å². The van der Waals surface area contributed by atoms with Crippen molar-refractivity contribution in [1.82, 2.24) is 25.0 Å². The first-order valence-electron chi connectivity index (χ1n) is 8.65. The van der Waals surface area contributed by atoms with Gasteiger partial charge in [-0.25, -0.2) is 13.8 Å². The van der Waals surface area contributed by atoms with E-state index in [0.717, 1.165) is 5.56 Å². The second-order valence-corrected chi connectivity index (χ2v) is 7.59. The van der Waals surface area contributed by atoms with Crippen molar-refractivity contribution in [3.05, 3.63) is 35.9 Å². The lowest BCUT2D eigenvalue weighted by Crippen LogP contribution is -2.26. The van der Waals surface area contributed by atoms with Gasteiger partial charge in [0.05, 0.1) is 18.1 Å². The number of carbonyl (C=O) groups excluding carboxylic acids is 1. The van der Waals surface area contributed by atoms with Crippen LogP contribution < -0.4 is 5.32 Å². The van der Waals surface area contributed by atoms with Gasteiger partial charge in [-0.1, -0.05) is 0 Å². The molecule has 27 heavy (non-hydrogen) atoms. The average Bonchev–Trinajstić information content (AvgIpc) is 3.37. The maximum Gasteiger partial charge on any atom is 0.275 e. The van der Waals surface area contributed by atoms with E-state index < -0.39 is 5.92 Å². The molecule has 0 atom stereocenters. The van der Waals surface area contributed by atoms with Gasteiger partial charge in [-0.3, -0.25) is 14.6 Å². The maximum atomic E-state index is 13.2. The van der Waals surface area contributed by atoms with Crippen molar-refractivity contribution in [2.24, 2.45) is 5.92 Å². The van der Waals surface area contributed by atoms with Gasteiger partial charge >= 0.3 is 0 Å². The fraction of sp³-hybridized carbons (Fsp3) is 0.412. The van der Waals surface area contributed by atoms with Gasteiger partial charge in [-0.15, -0.1) is 11.3 Å². The molecule has 0 aliphatic heterocycles. The molecule has 1 aliphatic carbocycles. The van der Waals surface area contributed by atoms with Crippen LogP contribution in [0.1, 0.15) is 36.2 Å². The Hall–Kier alpha value is -2.62. The molecule has 0 spiro atoms. The van der Waals surface area contributed by atoms with Gasteiger partial charge in [-0.05, 0) is 18.8 Å². The van der Waals surface area contributed by atoms with Crippen molar-refractivity contribution in [2.75, 3.05) is 5.32 Å². The summed E-state index contributed by atoms with van der Waals surface area (Å²) in [6.07, 6.45) is 7.48. The normalized spacial score (nSPS) is 17.1. The van der Waals surface area contributed by atoms with Gasteiger partial charge in [0.1, 0.15) is 10.7 Å². The lowest BCUT2D eigenvalue weighted by molar-refractivity contribution is -0.0476. The Kier molecular flexibility index (Phi) is 4.73. The number of rotatable bonds is 5. The Morgan fingerprint density at radius 1 is 1.37 bits per heavy atom. The molecule has 2 N–H and O–H groups in total. The van der Waals surface area contributed by atoms with E-state index in [1.165, 1.54) is 11.3 Å². The van der Waals surface area contributed by atoms with Gasteiger partial charge < -0.3 is 5.32 Å². The third-order valence-corrected chi connectivity index (χ3v) is 5.55. The minimum Gasteiger partial charge on any atom is -0.318 e. The van der Waals surface area contributed by atoms with E-state index in [1.54, 1.807) is 34.8 Å². The summed E-state index contributed by atoms with van der Waals surface area (Å²) in [6, 6.07) is 0. The first kappa shape index (κ1) is 17.8. The lowest BCUT2D eigenvalue weighted by Gasteiger charge is -2.27. The number of halogens is 2. The summed E-state index contributed by atoms with van der Waals surface area (Å²) in [5.41, 5.74) is 1.70. The van der Waals surface area contributed by atoms with Crippen molar-refractivity contribution in [3.8, 4) is 10.6 Å². The first-order valence-corrected chi connectivity index (χ1v) is 9.53. The first-order chi connectivity index (χ1) is 13.0. The predicted octanol–water partition coefficient (Wildman–Crippen LogP) is 3.81. The predicted molar refractivity (Wildman–Crippen MR) is 96.8 cm³/mol. The average molecular weight is 392 g/mol. The minimum absolute atomic E-state index is 0.0641. The summed E-state index contributed by atoms with van der Waals surface area (Å²) < 4.78 is 28.2. The number of anilines is 1. The smallest absolute Gasteiger partial charge is 0.275 e. The number of hydrogen-bond acceptors (Lipinski definition) is 5. The van der Waals surface area contributed by atoms with Crippen molar-refractivity contribution in [2.45, 2.75) is 38.2 Å². The van der Waals surface area contributed by atoms with Crippen LogP contribution in [0.5, 0.6) is 0 Å². The minimum atomic E-state index is -2.53. The van der Waals surface area contributed by atoms with Crippen LogP contribution >= 0.6 is 11.3 Å². The van der Waals surface area contributed by atoms with E-state index in [2.05, 4.69) is 25.6 Å². The van der Waals surface area contributed by atoms with Crippen LogP contribution in [0.2, 0.25) is 0 Å². The summed E-state index contributed by atoms with van der Waals surface area (Å²) in [6.45, 7) is 0.577. The summed E-state index contributed by atoms with van der Waals surface area (Å²) in [7, 11) is 0. The lowest BCUT2D eigenvalue weighted by atomic mass is 9.87. The number of H-pyrrole nitrogens is 1. The molecule has 1 aliphatic rings. The Balaban J connectivity index is 1.34. The fourth-order valence-electron chi connectivity index (χ4n) is 3.15. The zero-order valence-corrected chi connectivity index (χ0v) is 15.2. The second-order valence-electron chi connectivity index (χ2n) is 6.73. The van der Waals surface area contributed by atoms with E-state index in [-0.39, 0.29) is 24.7 Å². The Morgan fingerprint density at radius 2 is 2.19 bits per heavy atom. The summed E-state index contributed by atoms with van der Waals surface area (Å²) in [5, 5.41) is 16.0. The fourth-order valence-corrected chi connectivity index (χ4v) is 3.93. The highest BCUT2D eigenvalue weighted by molar-refractivity contribution is 7.13. The largest absolute Gasteiger partial charge is 0.318 e. The van der Waals surface area contributed by atoms with E-state index in [9.17, 15) is 13.6 Å². The number of nitrogens with zero attached hydrogens (tertiary/aromatic N) is 4. The van der Waals surface area contributed by atoms with E-state index in [0.29, 0.717) is 35.8 Å². The molecule has 1 saturated carbocycles. The van der Waals surface area contributed by atoms with Gasteiger partial charge in [0, 0.05) is 42.7 Å². The van der Waals surface area contributed by atoms with Crippen LogP contribution in [-0.2, 0) is 6.54 Å². The number of aromatic nitrogens is 5. The number of carbonyl (C=O) groups is 1. The number of aromatic amines is 1. The highest BCUT2D eigenvalue weighted by atomic mass is 32.1. The van der Waals surface area contributed by atoms with Crippen LogP contribution in [0.3, 0.4) is 0 Å². The molecule has 3 heterocycles. The van der Waals surface area contributed by atoms with Gasteiger partial charge in [0.15, 0.2) is 0 Å². The third-order valence-electron chi connectivity index (χ3n) is 4.66. The number of thiazole rings is 1. The molecule has 0 aromatic carbocycles. The number of hydrogen-bond donors (Lipinski definition) is 2. The van der Waals surface area contributed by atoms with Gasteiger partial charge in [-0.2, -0.15) is 10.2 Å². The zero-order valence-electron chi connectivity index (χ0n) is 14.4. The van der Waals surface area contributed by atoms with Crippen molar-refractivity contribution < 1.29 is 13.6 Å². The Labute approximate surface area is 157 Å².